The van der Waals surface area contributed by atoms with Crippen LogP contribution >= 0.6 is 0 Å². The normalized spacial score (nSPS) is 14.6. The number of esters is 1. The lowest BCUT2D eigenvalue weighted by molar-refractivity contribution is 0.0445. The Morgan fingerprint density at radius 2 is 1.73 bits per heavy atom. The van der Waals surface area contributed by atoms with E-state index in [-0.39, 0.29) is 28.9 Å². The third kappa shape index (κ3) is 7.13. The molecule has 0 spiro atoms. The van der Waals surface area contributed by atoms with Crippen LogP contribution in [0.15, 0.2) is 64.4 Å². The fourth-order valence-electron chi connectivity index (χ4n) is 5.56. The molecule has 5 rings (SSSR count). The highest BCUT2D eigenvalue weighted by Crippen LogP contribution is 2.33. The molecular formula is C33H41N5O6S. The van der Waals surface area contributed by atoms with Crippen molar-refractivity contribution >= 4 is 27.0 Å². The number of fused-ring (bicyclic) bond motifs is 1. The van der Waals surface area contributed by atoms with Crippen LogP contribution in [0.25, 0.3) is 22.4 Å². The van der Waals surface area contributed by atoms with E-state index in [1.807, 2.05) is 30.7 Å². The summed E-state index contributed by atoms with van der Waals surface area (Å²) in [6.45, 7) is 9.46. The van der Waals surface area contributed by atoms with Crippen molar-refractivity contribution in [2.45, 2.75) is 51.5 Å². The molecule has 11 nitrogen and oxygen atoms in total. The van der Waals surface area contributed by atoms with Gasteiger partial charge in [0.15, 0.2) is 0 Å². The van der Waals surface area contributed by atoms with E-state index in [4.69, 9.17) is 14.5 Å². The molecule has 0 saturated carbocycles. The van der Waals surface area contributed by atoms with Gasteiger partial charge in [-0.1, -0.05) is 38.5 Å². The quantitative estimate of drug-likeness (QED) is 0.215. The summed E-state index contributed by atoms with van der Waals surface area (Å²) in [4.78, 5) is 35.5. The van der Waals surface area contributed by atoms with Gasteiger partial charge in [0.2, 0.25) is 10.0 Å². The van der Waals surface area contributed by atoms with E-state index in [0.29, 0.717) is 73.8 Å². The van der Waals surface area contributed by atoms with Crippen LogP contribution < -0.4 is 10.3 Å². The van der Waals surface area contributed by atoms with E-state index in [1.165, 1.54) is 4.31 Å². The Hall–Kier alpha value is -4.00. The minimum absolute atomic E-state index is 0.106. The minimum atomic E-state index is -3.85. The number of carbonyl (C=O) groups excluding carboxylic acids is 1. The number of aryl methyl sites for hydroxylation is 2. The second-order valence-corrected chi connectivity index (χ2v) is 13.0. The predicted octanol–water partition coefficient (Wildman–Crippen LogP) is 4.32. The molecule has 1 saturated heterocycles. The first-order valence-corrected chi connectivity index (χ1v) is 17.0. The first-order chi connectivity index (χ1) is 21.8. The summed E-state index contributed by atoms with van der Waals surface area (Å²) >= 11 is 0. The van der Waals surface area contributed by atoms with Gasteiger partial charge in [-0.25, -0.2) is 18.2 Å². The summed E-state index contributed by atoms with van der Waals surface area (Å²) in [5.41, 5.74) is 2.76. The first-order valence-electron chi connectivity index (χ1n) is 15.6. The van der Waals surface area contributed by atoms with Gasteiger partial charge >= 0.3 is 5.97 Å². The zero-order valence-electron chi connectivity index (χ0n) is 26.1. The lowest BCUT2D eigenvalue weighted by Crippen LogP contribution is -2.49. The predicted molar refractivity (Wildman–Crippen MR) is 173 cm³/mol. The molecule has 3 heterocycles. The van der Waals surface area contributed by atoms with Crippen molar-refractivity contribution in [3.63, 3.8) is 0 Å². The number of hydrogen-bond donors (Lipinski definition) is 1. The number of rotatable bonds is 13. The minimum Gasteiger partial charge on any atom is -0.493 e. The monoisotopic (exact) mass is 635 g/mol. The molecule has 240 valence electrons. The lowest BCUT2D eigenvalue weighted by Gasteiger charge is -2.33. The second kappa shape index (κ2) is 14.4. The van der Waals surface area contributed by atoms with Gasteiger partial charge < -0.3 is 19.0 Å². The number of nitrogens with one attached hydrogen (secondary N) is 1. The van der Waals surface area contributed by atoms with E-state index in [9.17, 15) is 18.0 Å². The summed E-state index contributed by atoms with van der Waals surface area (Å²) in [6.07, 6.45) is 4.41. The standard InChI is InChI=1S/C33H41N5O6S/c1-4-10-25-23-37(6-3)30-29(25)34-31(35-32(30)39)27-22-26(13-14-28(27)43-20-5-2)45(41,42)38-17-15-36(16-18-38)19-21-44-33(40)24-11-8-7-9-12-24/h7-9,11-14,22-23H,4-6,10,15-21H2,1-3H3,(H,34,35,39). The molecule has 0 bridgehead atoms. The SMILES string of the molecule is CCCOc1ccc(S(=O)(=O)N2CCN(CCOC(=O)c3ccccc3)CC2)cc1-c1nc2c(CCC)cn(CC)c2c(=O)[nH]1. The average Bonchev–Trinajstić information content (AvgIpc) is 3.42. The van der Waals surface area contributed by atoms with E-state index in [2.05, 4.69) is 16.8 Å². The van der Waals surface area contributed by atoms with Crippen molar-refractivity contribution in [1.82, 2.24) is 23.7 Å². The molecule has 1 N–H and O–H groups in total. The van der Waals surface area contributed by atoms with Crippen molar-refractivity contribution in [1.29, 1.82) is 0 Å². The number of aromatic amines is 1. The number of benzene rings is 2. The van der Waals surface area contributed by atoms with Crippen LogP contribution in [0.1, 0.15) is 49.5 Å². The van der Waals surface area contributed by atoms with Crippen LogP contribution in [0.5, 0.6) is 5.75 Å². The highest BCUT2D eigenvalue weighted by molar-refractivity contribution is 7.89. The fraction of sp³-hybridized carbons (Fsp3) is 0.424. The summed E-state index contributed by atoms with van der Waals surface area (Å²) in [7, 11) is -3.85. The smallest absolute Gasteiger partial charge is 0.338 e. The molecule has 2 aromatic carbocycles. The molecule has 1 fully saturated rings. The fourth-order valence-corrected chi connectivity index (χ4v) is 7.01. The van der Waals surface area contributed by atoms with Gasteiger partial charge in [-0.3, -0.25) is 9.69 Å². The van der Waals surface area contributed by atoms with Gasteiger partial charge in [-0.2, -0.15) is 4.31 Å². The Bertz CT molecular complexity index is 1790. The molecule has 4 aromatic rings. The first kappa shape index (κ1) is 32.4. The molecule has 1 aliphatic heterocycles. The molecule has 0 unspecified atom stereocenters. The van der Waals surface area contributed by atoms with Gasteiger partial charge in [-0.15, -0.1) is 0 Å². The third-order valence-electron chi connectivity index (χ3n) is 7.95. The maximum atomic E-state index is 13.8. The van der Waals surface area contributed by atoms with Gasteiger partial charge in [0, 0.05) is 45.5 Å². The number of aromatic nitrogens is 3. The van der Waals surface area contributed by atoms with E-state index in [1.54, 1.807) is 42.5 Å². The van der Waals surface area contributed by atoms with E-state index >= 15 is 0 Å². The zero-order chi connectivity index (χ0) is 32.0. The number of H-pyrrole nitrogens is 1. The number of hydrogen-bond acceptors (Lipinski definition) is 8. The van der Waals surface area contributed by atoms with Gasteiger partial charge in [0.1, 0.15) is 23.7 Å². The van der Waals surface area contributed by atoms with Gasteiger partial charge in [0.05, 0.1) is 28.1 Å². The Kier molecular flexibility index (Phi) is 10.4. The molecule has 12 heteroatoms. The van der Waals surface area contributed by atoms with Gasteiger partial charge in [-0.05, 0) is 55.7 Å². The van der Waals surface area contributed by atoms with Crippen molar-refractivity contribution in [3.8, 4) is 17.1 Å². The largest absolute Gasteiger partial charge is 0.493 e. The number of carbonyl (C=O) groups is 1. The van der Waals surface area contributed by atoms with Crippen LogP contribution in [0, 0.1) is 0 Å². The second-order valence-electron chi connectivity index (χ2n) is 11.1. The number of ether oxygens (including phenoxy) is 2. The molecular weight excluding hydrogens is 594 g/mol. The molecule has 0 atom stereocenters. The molecule has 0 aliphatic carbocycles. The Morgan fingerprint density at radius 1 is 0.978 bits per heavy atom. The highest BCUT2D eigenvalue weighted by atomic mass is 32.2. The molecule has 0 radical (unpaired) electrons. The summed E-state index contributed by atoms with van der Waals surface area (Å²) in [5, 5.41) is 0. The number of piperazine rings is 1. The maximum Gasteiger partial charge on any atom is 0.338 e. The maximum absolute atomic E-state index is 13.8. The van der Waals surface area contributed by atoms with Gasteiger partial charge in [0.25, 0.3) is 5.56 Å². The van der Waals surface area contributed by atoms with Crippen LogP contribution in [-0.4, -0.2) is 84.1 Å². The highest BCUT2D eigenvalue weighted by Gasteiger charge is 2.30. The van der Waals surface area contributed by atoms with Crippen LogP contribution in [0.2, 0.25) is 0 Å². The Morgan fingerprint density at radius 3 is 2.42 bits per heavy atom. The van der Waals surface area contributed by atoms with Crippen molar-refractivity contribution in [3.05, 3.63) is 76.2 Å². The molecule has 0 amide bonds. The topological polar surface area (TPSA) is 127 Å². The number of nitrogens with zero attached hydrogens (tertiary/aromatic N) is 4. The van der Waals surface area contributed by atoms with Crippen LogP contribution in [0.3, 0.4) is 0 Å². The third-order valence-corrected chi connectivity index (χ3v) is 9.84. The Balaban J connectivity index is 1.35. The van der Waals surface area contributed by atoms with Crippen molar-refractivity contribution in [2.75, 3.05) is 45.9 Å². The van der Waals surface area contributed by atoms with E-state index in [0.717, 1.165) is 24.8 Å². The molecule has 2 aromatic heterocycles. The van der Waals surface area contributed by atoms with Crippen LogP contribution in [0.4, 0.5) is 0 Å². The molecule has 1 aliphatic rings. The summed E-state index contributed by atoms with van der Waals surface area (Å²) < 4.78 is 42.4. The summed E-state index contributed by atoms with van der Waals surface area (Å²) in [6, 6.07) is 13.6. The molecule has 45 heavy (non-hydrogen) atoms. The average molecular weight is 636 g/mol. The Labute approximate surface area is 263 Å². The van der Waals surface area contributed by atoms with Crippen molar-refractivity contribution < 1.29 is 22.7 Å². The summed E-state index contributed by atoms with van der Waals surface area (Å²) in [5.74, 6) is 0.357. The zero-order valence-corrected chi connectivity index (χ0v) is 26.9. The number of sulfonamides is 1. The lowest BCUT2D eigenvalue weighted by atomic mass is 10.1. The van der Waals surface area contributed by atoms with E-state index < -0.39 is 10.0 Å². The van der Waals surface area contributed by atoms with Crippen molar-refractivity contribution in [2.24, 2.45) is 0 Å². The van der Waals surface area contributed by atoms with Crippen LogP contribution in [-0.2, 0) is 27.7 Å².